The first-order valence-electron chi connectivity index (χ1n) is 10.6. The van der Waals surface area contributed by atoms with Gasteiger partial charge < -0.3 is 24.3 Å². The summed E-state index contributed by atoms with van der Waals surface area (Å²) in [6, 6.07) is 9.83. The number of ether oxygens (including phenoxy) is 4. The zero-order valence-electron chi connectivity index (χ0n) is 18.3. The Labute approximate surface area is 192 Å². The monoisotopic (exact) mass is 474 g/mol. The van der Waals surface area contributed by atoms with Crippen molar-refractivity contribution >= 4 is 27.7 Å². The first-order valence-corrected chi connectivity index (χ1v) is 12.1. The maximum atomic E-state index is 13.0. The fourth-order valence-corrected chi connectivity index (χ4v) is 4.95. The van der Waals surface area contributed by atoms with E-state index in [4.69, 9.17) is 18.9 Å². The van der Waals surface area contributed by atoms with Crippen molar-refractivity contribution in [1.29, 1.82) is 0 Å². The van der Waals surface area contributed by atoms with E-state index in [-0.39, 0.29) is 23.7 Å². The fraction of sp³-hybridized carbons (Fsp3) is 0.348. The number of methoxy groups -OCH3 is 1. The van der Waals surface area contributed by atoms with Crippen molar-refractivity contribution in [3.05, 3.63) is 48.0 Å². The Kier molecular flexibility index (Phi) is 7.17. The van der Waals surface area contributed by atoms with E-state index in [0.717, 1.165) is 12.0 Å². The van der Waals surface area contributed by atoms with Crippen LogP contribution in [-0.4, -0.2) is 65.3 Å². The SMILES string of the molecule is COc1ccc(S(=O)(=O)N2CCOCC2)cc1NC(=O)/C=C/c1ccc2c(c1)OCCCO2. The number of nitrogens with one attached hydrogen (secondary N) is 1. The Hall–Kier alpha value is -3.08. The first kappa shape index (κ1) is 23.1. The van der Waals surface area contributed by atoms with Crippen LogP contribution >= 0.6 is 0 Å². The van der Waals surface area contributed by atoms with Crippen molar-refractivity contribution in [2.24, 2.45) is 0 Å². The van der Waals surface area contributed by atoms with Gasteiger partial charge in [0.15, 0.2) is 11.5 Å². The maximum Gasteiger partial charge on any atom is 0.248 e. The second-order valence-corrected chi connectivity index (χ2v) is 9.40. The van der Waals surface area contributed by atoms with Gasteiger partial charge in [-0.1, -0.05) is 6.07 Å². The summed E-state index contributed by atoms with van der Waals surface area (Å²) in [6.45, 7) is 2.45. The number of sulfonamides is 1. The highest BCUT2D eigenvalue weighted by atomic mass is 32.2. The van der Waals surface area contributed by atoms with Crippen molar-refractivity contribution in [2.45, 2.75) is 11.3 Å². The lowest BCUT2D eigenvalue weighted by atomic mass is 10.2. The number of rotatable bonds is 6. The molecule has 10 heteroatoms. The molecule has 1 N–H and O–H groups in total. The van der Waals surface area contributed by atoms with Crippen molar-refractivity contribution in [3.8, 4) is 17.2 Å². The molecule has 0 radical (unpaired) electrons. The van der Waals surface area contributed by atoms with Crippen LogP contribution in [0.3, 0.4) is 0 Å². The number of hydrogen-bond acceptors (Lipinski definition) is 7. The molecule has 4 rings (SSSR count). The Morgan fingerprint density at radius 2 is 1.79 bits per heavy atom. The van der Waals surface area contributed by atoms with E-state index < -0.39 is 15.9 Å². The van der Waals surface area contributed by atoms with Crippen LogP contribution in [0.2, 0.25) is 0 Å². The summed E-state index contributed by atoms with van der Waals surface area (Å²) in [7, 11) is -2.26. The topological polar surface area (TPSA) is 103 Å². The summed E-state index contributed by atoms with van der Waals surface area (Å²) in [5.74, 6) is 1.24. The van der Waals surface area contributed by atoms with Gasteiger partial charge in [-0.3, -0.25) is 4.79 Å². The highest BCUT2D eigenvalue weighted by molar-refractivity contribution is 7.89. The summed E-state index contributed by atoms with van der Waals surface area (Å²) >= 11 is 0. The van der Waals surface area contributed by atoms with Crippen molar-refractivity contribution < 1.29 is 32.2 Å². The number of amides is 1. The zero-order valence-corrected chi connectivity index (χ0v) is 19.1. The van der Waals surface area contributed by atoms with Crippen molar-refractivity contribution in [2.75, 3.05) is 51.9 Å². The molecule has 33 heavy (non-hydrogen) atoms. The van der Waals surface area contributed by atoms with Gasteiger partial charge in [0.2, 0.25) is 15.9 Å². The molecule has 2 aromatic carbocycles. The minimum atomic E-state index is -3.71. The summed E-state index contributed by atoms with van der Waals surface area (Å²) in [5.41, 5.74) is 1.03. The van der Waals surface area contributed by atoms with Gasteiger partial charge >= 0.3 is 0 Å². The van der Waals surface area contributed by atoms with Gasteiger partial charge in [0.25, 0.3) is 0 Å². The predicted molar refractivity (Wildman–Crippen MR) is 122 cm³/mol. The van der Waals surface area contributed by atoms with E-state index in [9.17, 15) is 13.2 Å². The first-order chi connectivity index (χ1) is 16.0. The highest BCUT2D eigenvalue weighted by Crippen LogP contribution is 2.31. The van der Waals surface area contributed by atoms with Gasteiger partial charge in [0.1, 0.15) is 5.75 Å². The number of carbonyl (C=O) groups excluding carboxylic acids is 1. The van der Waals surface area contributed by atoms with Crippen LogP contribution in [0.1, 0.15) is 12.0 Å². The number of carbonyl (C=O) groups is 1. The van der Waals surface area contributed by atoms with Gasteiger partial charge in [-0.05, 0) is 42.0 Å². The standard InChI is InChI=1S/C23H26N2O7S/c1-29-20-7-5-18(33(27,28)25-9-13-30-14-10-25)16-19(20)24-23(26)8-4-17-3-6-21-22(15-17)32-12-2-11-31-21/h3-8,15-16H,2,9-14H2,1H3,(H,24,26)/b8-4+. The molecule has 2 heterocycles. The summed E-state index contributed by atoms with van der Waals surface area (Å²) < 4.78 is 49.1. The Balaban J connectivity index is 1.50. The quantitative estimate of drug-likeness (QED) is 0.642. The molecule has 9 nitrogen and oxygen atoms in total. The summed E-state index contributed by atoms with van der Waals surface area (Å²) in [4.78, 5) is 12.7. The number of nitrogens with zero attached hydrogens (tertiary/aromatic N) is 1. The number of morpholine rings is 1. The van der Waals surface area contributed by atoms with Crippen LogP contribution in [0.4, 0.5) is 5.69 Å². The highest BCUT2D eigenvalue weighted by Gasteiger charge is 2.27. The second-order valence-electron chi connectivity index (χ2n) is 7.46. The largest absolute Gasteiger partial charge is 0.495 e. The number of hydrogen-bond donors (Lipinski definition) is 1. The third-order valence-corrected chi connectivity index (χ3v) is 7.13. The van der Waals surface area contributed by atoms with E-state index in [1.807, 2.05) is 6.07 Å². The molecule has 1 fully saturated rings. The molecule has 0 aromatic heterocycles. The van der Waals surface area contributed by atoms with Gasteiger partial charge in [-0.25, -0.2) is 8.42 Å². The average molecular weight is 475 g/mol. The Morgan fingerprint density at radius 3 is 2.55 bits per heavy atom. The van der Waals surface area contributed by atoms with E-state index in [1.54, 1.807) is 18.2 Å². The Morgan fingerprint density at radius 1 is 1.03 bits per heavy atom. The minimum absolute atomic E-state index is 0.0763. The lowest BCUT2D eigenvalue weighted by molar-refractivity contribution is -0.111. The van der Waals surface area contributed by atoms with Crippen LogP contribution in [0.25, 0.3) is 6.08 Å². The molecule has 1 saturated heterocycles. The second kappa shape index (κ2) is 10.2. The van der Waals surface area contributed by atoms with Gasteiger partial charge in [-0.15, -0.1) is 0 Å². The van der Waals surface area contributed by atoms with Gasteiger partial charge in [0, 0.05) is 25.6 Å². The van der Waals surface area contributed by atoms with Crippen molar-refractivity contribution in [3.63, 3.8) is 0 Å². The fourth-order valence-electron chi connectivity index (χ4n) is 3.51. The van der Waals surface area contributed by atoms with E-state index in [2.05, 4.69) is 5.32 Å². The molecular weight excluding hydrogens is 448 g/mol. The van der Waals surface area contributed by atoms with Crippen molar-refractivity contribution in [1.82, 2.24) is 4.31 Å². The van der Waals surface area contributed by atoms with Crippen LogP contribution < -0.4 is 19.5 Å². The molecule has 1 amide bonds. The molecule has 0 aliphatic carbocycles. The van der Waals surface area contributed by atoms with E-state index in [1.165, 1.54) is 35.7 Å². The number of anilines is 1. The molecule has 2 aliphatic heterocycles. The molecular formula is C23H26N2O7S. The van der Waals surface area contributed by atoms with Crippen LogP contribution in [0.5, 0.6) is 17.2 Å². The molecule has 0 spiro atoms. The average Bonchev–Trinajstić information content (AvgIpc) is 3.08. The van der Waals surface area contributed by atoms with E-state index >= 15 is 0 Å². The lowest BCUT2D eigenvalue weighted by Gasteiger charge is -2.26. The number of fused-ring (bicyclic) bond motifs is 1. The molecule has 0 atom stereocenters. The molecule has 176 valence electrons. The van der Waals surface area contributed by atoms with Gasteiger partial charge in [0.05, 0.1) is 44.1 Å². The van der Waals surface area contributed by atoms with Crippen LogP contribution in [-0.2, 0) is 19.6 Å². The third kappa shape index (κ3) is 5.47. The number of benzene rings is 2. The molecule has 0 saturated carbocycles. The molecule has 0 unspecified atom stereocenters. The smallest absolute Gasteiger partial charge is 0.248 e. The third-order valence-electron chi connectivity index (χ3n) is 5.24. The van der Waals surface area contributed by atoms with E-state index in [0.29, 0.717) is 43.7 Å². The molecule has 0 bridgehead atoms. The Bertz CT molecular complexity index is 1140. The molecule has 2 aromatic rings. The summed E-state index contributed by atoms with van der Waals surface area (Å²) in [5, 5.41) is 2.71. The van der Waals surface area contributed by atoms with Gasteiger partial charge in [-0.2, -0.15) is 4.31 Å². The zero-order chi connectivity index (χ0) is 23.3. The maximum absolute atomic E-state index is 13.0. The normalized spacial score (nSPS) is 16.9. The minimum Gasteiger partial charge on any atom is -0.495 e. The van der Waals surface area contributed by atoms with Crippen LogP contribution in [0, 0.1) is 0 Å². The predicted octanol–water partition coefficient (Wildman–Crippen LogP) is 2.53. The van der Waals surface area contributed by atoms with Crippen LogP contribution in [0.15, 0.2) is 47.4 Å². The summed E-state index contributed by atoms with van der Waals surface area (Å²) in [6.07, 6.45) is 3.82. The lowest BCUT2D eigenvalue weighted by Crippen LogP contribution is -2.40. The molecule has 2 aliphatic rings.